The monoisotopic (exact) mass is 82.0 g/mol. The summed E-state index contributed by atoms with van der Waals surface area (Å²) in [6, 6.07) is 1.42. The van der Waals surface area contributed by atoms with E-state index in [2.05, 4.69) is 6.58 Å². The molecule has 0 nitrogen and oxygen atoms in total. The molecular weight excluding hydrogens is 76.1 g/mol. The van der Waals surface area contributed by atoms with Crippen molar-refractivity contribution >= 4 is 9.52 Å². The Hall–Kier alpha value is -0.0431. The van der Waals surface area contributed by atoms with Gasteiger partial charge in [0.1, 0.15) is 0 Å². The second kappa shape index (κ2) is 0.975. The molecule has 2 radical (unpaired) electrons. The molecule has 1 fully saturated rings. The highest BCUT2D eigenvalue weighted by Gasteiger charge is 2.04. The Morgan fingerprint density at radius 3 is 2.20 bits per heavy atom. The van der Waals surface area contributed by atoms with Gasteiger partial charge in [-0.1, -0.05) is 11.2 Å². The zero-order valence-corrected chi connectivity index (χ0v) is 4.12. The van der Waals surface area contributed by atoms with Crippen LogP contribution in [-0.4, -0.2) is 9.52 Å². The van der Waals surface area contributed by atoms with Crippen molar-refractivity contribution in [2.75, 3.05) is 0 Å². The highest BCUT2D eigenvalue weighted by Crippen LogP contribution is 2.13. The van der Waals surface area contributed by atoms with Crippen molar-refractivity contribution in [3.05, 3.63) is 11.8 Å². The summed E-state index contributed by atoms with van der Waals surface area (Å²) in [4.78, 5) is 0. The van der Waals surface area contributed by atoms with Gasteiger partial charge in [-0.2, -0.15) is 0 Å². The lowest BCUT2D eigenvalue weighted by molar-refractivity contribution is 1.10. The molecule has 0 unspecified atom stereocenters. The Bertz CT molecular complexity index is 50.7. The van der Waals surface area contributed by atoms with Crippen LogP contribution in [0.1, 0.15) is 6.42 Å². The smallest absolute Gasteiger partial charge is 0.0744 e. The van der Waals surface area contributed by atoms with Gasteiger partial charge in [0, 0.05) is 0 Å². The molecule has 1 aliphatic rings. The van der Waals surface area contributed by atoms with Crippen LogP contribution in [0.25, 0.3) is 0 Å². The first kappa shape index (κ1) is 3.16. The Balaban J connectivity index is 2.32. The second-order valence-corrected chi connectivity index (χ2v) is 2.84. The van der Waals surface area contributed by atoms with Crippen LogP contribution in [0.2, 0.25) is 6.04 Å². The van der Waals surface area contributed by atoms with E-state index in [1.807, 2.05) is 0 Å². The fourth-order valence-electron chi connectivity index (χ4n) is 0.302. The lowest BCUT2D eigenvalue weighted by Crippen LogP contribution is -2.05. The molecule has 0 atom stereocenters. The maximum Gasteiger partial charge on any atom is 0.0744 e. The van der Waals surface area contributed by atoms with Gasteiger partial charge < -0.3 is 0 Å². The molecule has 1 heteroatoms. The summed E-state index contributed by atoms with van der Waals surface area (Å²) < 4.78 is 0. The van der Waals surface area contributed by atoms with Crippen molar-refractivity contribution in [1.29, 1.82) is 0 Å². The van der Waals surface area contributed by atoms with E-state index >= 15 is 0 Å². The van der Waals surface area contributed by atoms with E-state index in [9.17, 15) is 0 Å². The fraction of sp³-hybridized carbons (Fsp3) is 0.500. The third-order valence-corrected chi connectivity index (χ3v) is 2.05. The Morgan fingerprint density at radius 2 is 2.20 bits per heavy atom. The normalized spacial score (nSPS) is 22.0. The van der Waals surface area contributed by atoms with Crippen LogP contribution < -0.4 is 0 Å². The minimum atomic E-state index is 1.10. The van der Waals surface area contributed by atoms with E-state index in [4.69, 9.17) is 0 Å². The van der Waals surface area contributed by atoms with E-state index in [1.54, 1.807) is 0 Å². The summed E-state index contributed by atoms with van der Waals surface area (Å²) in [5, 5.41) is 1.46. The van der Waals surface area contributed by atoms with Gasteiger partial charge >= 0.3 is 0 Å². The molecule has 1 heterocycles. The number of allylic oxidation sites excluding steroid dienone is 1. The molecule has 0 N–H and O–H groups in total. The van der Waals surface area contributed by atoms with Crippen LogP contribution in [0.5, 0.6) is 0 Å². The fourth-order valence-corrected chi connectivity index (χ4v) is 0.905. The minimum Gasteiger partial charge on any atom is -0.104 e. The largest absolute Gasteiger partial charge is 0.104 e. The van der Waals surface area contributed by atoms with Crippen molar-refractivity contribution in [1.82, 2.24) is 0 Å². The molecule has 0 aromatic heterocycles. The molecule has 0 aromatic rings. The van der Waals surface area contributed by atoms with E-state index in [0.717, 1.165) is 9.52 Å². The first-order valence-electron chi connectivity index (χ1n) is 1.81. The molecule has 26 valence electrons. The van der Waals surface area contributed by atoms with Gasteiger partial charge in [-0.3, -0.25) is 0 Å². The van der Waals surface area contributed by atoms with Crippen molar-refractivity contribution < 1.29 is 0 Å². The zero-order valence-electron chi connectivity index (χ0n) is 3.12. The molecule has 0 aliphatic carbocycles. The van der Waals surface area contributed by atoms with Gasteiger partial charge in [0.25, 0.3) is 0 Å². The molecule has 1 aliphatic heterocycles. The van der Waals surface area contributed by atoms with Crippen LogP contribution in [0.3, 0.4) is 0 Å². The highest BCUT2D eigenvalue weighted by molar-refractivity contribution is 6.49. The van der Waals surface area contributed by atoms with E-state index in [1.165, 1.54) is 17.7 Å². The first-order chi connectivity index (χ1) is 2.39. The lowest BCUT2D eigenvalue weighted by Gasteiger charge is -2.10. The molecule has 0 amide bonds. The molecular formula is C4H6Si. The third-order valence-electron chi connectivity index (χ3n) is 0.802. The minimum absolute atomic E-state index is 1.10. The standard InChI is InChI=1S/C4H6Si/c1-4-2-3-5-4/h1-3H2. The zero-order chi connectivity index (χ0) is 3.70. The quantitative estimate of drug-likeness (QED) is 0.383. The summed E-state index contributed by atoms with van der Waals surface area (Å²) in [7, 11) is 1.10. The van der Waals surface area contributed by atoms with Gasteiger partial charge in [-0.25, -0.2) is 0 Å². The maximum absolute atomic E-state index is 3.77. The van der Waals surface area contributed by atoms with E-state index in [-0.39, 0.29) is 0 Å². The van der Waals surface area contributed by atoms with Gasteiger partial charge in [0.15, 0.2) is 0 Å². The predicted molar refractivity (Wildman–Crippen MR) is 24.3 cm³/mol. The van der Waals surface area contributed by atoms with Crippen molar-refractivity contribution in [2.45, 2.75) is 12.5 Å². The second-order valence-electron chi connectivity index (χ2n) is 1.28. The van der Waals surface area contributed by atoms with Crippen LogP contribution in [0.15, 0.2) is 11.8 Å². The van der Waals surface area contributed by atoms with Crippen LogP contribution in [0.4, 0.5) is 0 Å². The molecule has 0 bridgehead atoms. The molecule has 0 saturated carbocycles. The van der Waals surface area contributed by atoms with Crippen LogP contribution >= 0.6 is 0 Å². The Labute approximate surface area is 34.7 Å². The average Bonchev–Trinajstić information content (AvgIpc) is 1.30. The molecule has 1 saturated heterocycles. The summed E-state index contributed by atoms with van der Waals surface area (Å²) in [6.07, 6.45) is 1.30. The topological polar surface area (TPSA) is 0 Å². The number of hydrogen-bond donors (Lipinski definition) is 0. The highest BCUT2D eigenvalue weighted by atomic mass is 28.2. The summed E-state index contributed by atoms with van der Waals surface area (Å²) in [5.41, 5.74) is 0. The Kier molecular flexibility index (Phi) is 0.616. The summed E-state index contributed by atoms with van der Waals surface area (Å²) >= 11 is 0. The predicted octanol–water partition coefficient (Wildman–Crippen LogP) is 1.03. The summed E-state index contributed by atoms with van der Waals surface area (Å²) in [5.74, 6) is 0. The van der Waals surface area contributed by atoms with E-state index in [0.29, 0.717) is 0 Å². The van der Waals surface area contributed by atoms with Crippen molar-refractivity contribution in [3.8, 4) is 0 Å². The van der Waals surface area contributed by atoms with Gasteiger partial charge in [0.2, 0.25) is 0 Å². The van der Waals surface area contributed by atoms with Gasteiger partial charge in [-0.15, -0.1) is 6.58 Å². The molecule has 1 rings (SSSR count). The van der Waals surface area contributed by atoms with Crippen molar-refractivity contribution in [2.24, 2.45) is 0 Å². The number of hydrogen-bond acceptors (Lipinski definition) is 0. The first-order valence-corrected chi connectivity index (χ1v) is 3.02. The van der Waals surface area contributed by atoms with Gasteiger partial charge in [-0.05, 0) is 6.42 Å². The third kappa shape index (κ3) is 0.427. The SMILES string of the molecule is C=C1CC[Si]1. The molecule has 0 spiro atoms. The molecule has 5 heavy (non-hydrogen) atoms. The summed E-state index contributed by atoms with van der Waals surface area (Å²) in [6.45, 7) is 3.77. The van der Waals surface area contributed by atoms with Crippen LogP contribution in [0, 0.1) is 0 Å². The Morgan fingerprint density at radius 1 is 1.80 bits per heavy atom. The van der Waals surface area contributed by atoms with Crippen molar-refractivity contribution in [3.63, 3.8) is 0 Å². The van der Waals surface area contributed by atoms with Gasteiger partial charge in [0.05, 0.1) is 9.52 Å². The van der Waals surface area contributed by atoms with E-state index < -0.39 is 0 Å². The molecule has 0 aromatic carbocycles. The average molecular weight is 82.2 g/mol. The van der Waals surface area contributed by atoms with Crippen LogP contribution in [-0.2, 0) is 0 Å². The maximum atomic E-state index is 3.77. The lowest BCUT2D eigenvalue weighted by atomic mass is 10.4. The number of rotatable bonds is 0.